The van der Waals surface area contributed by atoms with Crippen molar-refractivity contribution in [3.63, 3.8) is 0 Å². The molecule has 0 N–H and O–H groups in total. The van der Waals surface area contributed by atoms with Crippen LogP contribution < -0.4 is 9.47 Å². The Balaban J connectivity index is 1.63. The average molecular weight is 360 g/mol. The van der Waals surface area contributed by atoms with Crippen molar-refractivity contribution in [3.05, 3.63) is 107 Å². The lowest BCUT2D eigenvalue weighted by Gasteiger charge is -2.30. The molecule has 1 unspecified atom stereocenters. The lowest BCUT2D eigenvalue weighted by Crippen LogP contribution is -2.27. The zero-order valence-electron chi connectivity index (χ0n) is 15.3. The molecule has 0 spiro atoms. The standard InChI is InChI=1S/C25H17BO2/c26-25(16-8-2-1-3-9-16)18-11-5-4-10-17(18)23-19(25)14-15-22-24(23)28-21-13-7-6-12-20(21)27-22/h1-5,7-11,13-15H,6,12H2. The second-order valence-corrected chi connectivity index (χ2v) is 7.47. The molecule has 1 heterocycles. The fraction of sp³-hybridized carbons (Fsp3) is 0.120. The average Bonchev–Trinajstić information content (AvgIpc) is 3.03. The van der Waals surface area contributed by atoms with Gasteiger partial charge in [0.25, 0.3) is 0 Å². The molecule has 28 heavy (non-hydrogen) atoms. The Bertz CT molecular complexity index is 1180. The number of hydrogen-bond acceptors (Lipinski definition) is 2. The molecule has 3 aliphatic rings. The molecule has 0 aromatic heterocycles. The number of allylic oxidation sites excluding steroid dienone is 3. The maximum atomic E-state index is 7.15. The van der Waals surface area contributed by atoms with Crippen LogP contribution in [0.15, 0.2) is 90.4 Å². The summed E-state index contributed by atoms with van der Waals surface area (Å²) in [5, 5.41) is -0.720. The zero-order valence-corrected chi connectivity index (χ0v) is 15.3. The summed E-state index contributed by atoms with van der Waals surface area (Å²) >= 11 is 0. The number of hydrogen-bond donors (Lipinski definition) is 0. The van der Waals surface area contributed by atoms with Gasteiger partial charge in [0.1, 0.15) is 5.76 Å². The van der Waals surface area contributed by atoms with Gasteiger partial charge in [0.2, 0.25) is 0 Å². The molecule has 2 aliphatic carbocycles. The molecule has 0 bridgehead atoms. The molecule has 2 radical (unpaired) electrons. The first kappa shape index (κ1) is 15.8. The van der Waals surface area contributed by atoms with Gasteiger partial charge in [-0.15, -0.1) is 0 Å². The molecule has 3 aromatic rings. The molecule has 3 aromatic carbocycles. The summed E-state index contributed by atoms with van der Waals surface area (Å²) in [7, 11) is 7.15. The first-order chi connectivity index (χ1) is 13.8. The molecule has 6 rings (SSSR count). The van der Waals surface area contributed by atoms with E-state index in [2.05, 4.69) is 36.4 Å². The van der Waals surface area contributed by atoms with Crippen molar-refractivity contribution in [1.29, 1.82) is 0 Å². The number of benzene rings is 3. The van der Waals surface area contributed by atoms with Crippen LogP contribution in [0.1, 0.15) is 29.5 Å². The van der Waals surface area contributed by atoms with Gasteiger partial charge in [-0.2, -0.15) is 0 Å². The topological polar surface area (TPSA) is 18.5 Å². The normalized spacial score (nSPS) is 21.1. The third kappa shape index (κ3) is 1.99. The summed E-state index contributed by atoms with van der Waals surface area (Å²) in [6.45, 7) is 0. The van der Waals surface area contributed by atoms with Crippen LogP contribution >= 0.6 is 0 Å². The molecule has 0 saturated heterocycles. The van der Waals surface area contributed by atoms with E-state index in [9.17, 15) is 0 Å². The third-order valence-electron chi connectivity index (χ3n) is 5.92. The third-order valence-corrected chi connectivity index (χ3v) is 5.92. The Morgan fingerprint density at radius 2 is 1.64 bits per heavy atom. The quantitative estimate of drug-likeness (QED) is 0.537. The molecule has 2 nitrogen and oxygen atoms in total. The molecular formula is C25H17BO2. The molecule has 132 valence electrons. The van der Waals surface area contributed by atoms with Gasteiger partial charge in [-0.25, -0.2) is 0 Å². The van der Waals surface area contributed by atoms with Crippen LogP contribution in [0, 0.1) is 0 Å². The molecular weight excluding hydrogens is 343 g/mol. The Kier molecular flexibility index (Phi) is 3.19. The number of rotatable bonds is 1. The summed E-state index contributed by atoms with van der Waals surface area (Å²) in [4.78, 5) is 0. The summed E-state index contributed by atoms with van der Waals surface area (Å²) in [6, 6.07) is 22.7. The van der Waals surface area contributed by atoms with Crippen LogP contribution in [-0.2, 0) is 5.31 Å². The monoisotopic (exact) mass is 360 g/mol. The molecule has 0 fully saturated rings. The van der Waals surface area contributed by atoms with E-state index in [1.165, 1.54) is 0 Å². The van der Waals surface area contributed by atoms with Gasteiger partial charge >= 0.3 is 0 Å². The Hall–Kier alpha value is -3.20. The lowest BCUT2D eigenvalue weighted by molar-refractivity contribution is 0.290. The van der Waals surface area contributed by atoms with E-state index in [1.807, 2.05) is 42.5 Å². The van der Waals surface area contributed by atoms with E-state index < -0.39 is 5.31 Å². The van der Waals surface area contributed by atoms with E-state index in [0.29, 0.717) is 0 Å². The van der Waals surface area contributed by atoms with Crippen LogP contribution in [0.25, 0.3) is 11.1 Å². The lowest BCUT2D eigenvalue weighted by atomic mass is 9.58. The van der Waals surface area contributed by atoms with Gasteiger partial charge in [-0.1, -0.05) is 66.7 Å². The summed E-state index contributed by atoms with van der Waals surface area (Å²) in [5.74, 6) is 3.24. The van der Waals surface area contributed by atoms with Gasteiger partial charge < -0.3 is 9.47 Å². The smallest absolute Gasteiger partial charge is 0.178 e. The highest BCUT2D eigenvalue weighted by molar-refractivity contribution is 6.24. The van der Waals surface area contributed by atoms with Crippen LogP contribution in [0.2, 0.25) is 0 Å². The summed E-state index contributed by atoms with van der Waals surface area (Å²) in [5.41, 5.74) is 5.34. The minimum absolute atomic E-state index is 0.720. The van der Waals surface area contributed by atoms with Crippen molar-refractivity contribution in [2.24, 2.45) is 0 Å². The number of fused-ring (bicyclic) bond motifs is 5. The van der Waals surface area contributed by atoms with Crippen molar-refractivity contribution in [2.45, 2.75) is 18.2 Å². The van der Waals surface area contributed by atoms with Gasteiger partial charge in [0, 0.05) is 17.3 Å². The fourth-order valence-electron chi connectivity index (χ4n) is 4.60. The van der Waals surface area contributed by atoms with Crippen LogP contribution in [0.3, 0.4) is 0 Å². The molecule has 0 saturated carbocycles. The van der Waals surface area contributed by atoms with Crippen molar-refractivity contribution < 1.29 is 9.47 Å². The summed E-state index contributed by atoms with van der Waals surface area (Å²) < 4.78 is 12.6. The second-order valence-electron chi connectivity index (χ2n) is 7.47. The van der Waals surface area contributed by atoms with Gasteiger partial charge in [0.15, 0.2) is 17.3 Å². The van der Waals surface area contributed by atoms with Gasteiger partial charge in [-0.05, 0) is 40.8 Å². The van der Waals surface area contributed by atoms with E-state index in [-0.39, 0.29) is 0 Å². The minimum atomic E-state index is -0.720. The predicted octanol–water partition coefficient (Wildman–Crippen LogP) is 5.46. The van der Waals surface area contributed by atoms with Gasteiger partial charge in [-0.3, -0.25) is 0 Å². The van der Waals surface area contributed by atoms with E-state index in [4.69, 9.17) is 17.3 Å². The first-order valence-electron chi connectivity index (χ1n) is 9.64. The van der Waals surface area contributed by atoms with E-state index in [0.717, 1.165) is 63.7 Å². The molecule has 3 heteroatoms. The zero-order chi connectivity index (χ0) is 18.7. The molecule has 1 atom stereocenters. The van der Waals surface area contributed by atoms with Gasteiger partial charge in [0.05, 0.1) is 7.85 Å². The minimum Gasteiger partial charge on any atom is -0.454 e. The second kappa shape index (κ2) is 5.65. The highest BCUT2D eigenvalue weighted by Crippen LogP contribution is 2.57. The fourth-order valence-corrected chi connectivity index (χ4v) is 4.60. The van der Waals surface area contributed by atoms with Crippen molar-refractivity contribution in [2.75, 3.05) is 0 Å². The predicted molar refractivity (Wildman–Crippen MR) is 111 cm³/mol. The Labute approximate surface area is 165 Å². The maximum Gasteiger partial charge on any atom is 0.178 e. The van der Waals surface area contributed by atoms with E-state index >= 15 is 0 Å². The van der Waals surface area contributed by atoms with Crippen molar-refractivity contribution in [3.8, 4) is 22.6 Å². The highest BCUT2D eigenvalue weighted by Gasteiger charge is 2.43. The highest BCUT2D eigenvalue weighted by atomic mass is 16.6. The van der Waals surface area contributed by atoms with Crippen molar-refractivity contribution >= 4 is 7.85 Å². The van der Waals surface area contributed by atoms with Crippen LogP contribution in [-0.4, -0.2) is 7.85 Å². The Morgan fingerprint density at radius 3 is 2.54 bits per heavy atom. The largest absolute Gasteiger partial charge is 0.454 e. The van der Waals surface area contributed by atoms with Crippen LogP contribution in [0.5, 0.6) is 11.5 Å². The number of ether oxygens (including phenoxy) is 2. The van der Waals surface area contributed by atoms with Crippen molar-refractivity contribution in [1.82, 2.24) is 0 Å². The van der Waals surface area contributed by atoms with Crippen LogP contribution in [0.4, 0.5) is 0 Å². The SMILES string of the molecule is [B]C1(c2ccccc2)c2ccccc2-c2c1ccc1c2OC2=C(CCC=C2)O1. The first-order valence-corrected chi connectivity index (χ1v) is 9.64. The Morgan fingerprint density at radius 1 is 0.821 bits per heavy atom. The van der Waals surface area contributed by atoms with E-state index in [1.54, 1.807) is 0 Å². The maximum absolute atomic E-state index is 7.15. The molecule has 1 aliphatic heterocycles. The summed E-state index contributed by atoms with van der Waals surface area (Å²) in [6.07, 6.45) is 5.98. The molecule has 0 amide bonds.